The van der Waals surface area contributed by atoms with Crippen molar-refractivity contribution in [3.63, 3.8) is 0 Å². The van der Waals surface area contributed by atoms with E-state index in [4.69, 9.17) is 0 Å². The fourth-order valence-corrected chi connectivity index (χ4v) is 3.96. The third-order valence-corrected chi connectivity index (χ3v) is 5.04. The summed E-state index contributed by atoms with van der Waals surface area (Å²) in [6, 6.07) is 10.8. The number of hydrogen-bond donors (Lipinski definition) is 1. The average molecular weight is 286 g/mol. The molecule has 1 aliphatic heterocycles. The third-order valence-electron chi connectivity index (χ3n) is 5.04. The van der Waals surface area contributed by atoms with Crippen LogP contribution in [-0.4, -0.2) is 29.9 Å². The SMILES string of the molecule is O=C(CN1CCC[C@H]2CCCC[C@@H]21)NCc1ccccc1. The van der Waals surface area contributed by atoms with E-state index in [-0.39, 0.29) is 5.91 Å². The van der Waals surface area contributed by atoms with Gasteiger partial charge in [0.2, 0.25) is 5.91 Å². The van der Waals surface area contributed by atoms with Crippen LogP contribution >= 0.6 is 0 Å². The Balaban J connectivity index is 1.49. The lowest BCUT2D eigenvalue weighted by Crippen LogP contribution is -2.50. The van der Waals surface area contributed by atoms with E-state index in [0.29, 0.717) is 19.1 Å². The molecular weight excluding hydrogens is 260 g/mol. The van der Waals surface area contributed by atoms with Gasteiger partial charge in [-0.05, 0) is 43.7 Å². The molecular formula is C18H26N2O. The molecule has 2 aliphatic rings. The molecule has 3 heteroatoms. The minimum Gasteiger partial charge on any atom is -0.351 e. The second-order valence-electron chi connectivity index (χ2n) is 6.49. The Hall–Kier alpha value is -1.35. The molecule has 1 heterocycles. The van der Waals surface area contributed by atoms with Gasteiger partial charge in [-0.25, -0.2) is 0 Å². The van der Waals surface area contributed by atoms with Crippen LogP contribution in [0.1, 0.15) is 44.1 Å². The van der Waals surface area contributed by atoms with Crippen LogP contribution < -0.4 is 5.32 Å². The number of nitrogens with zero attached hydrogens (tertiary/aromatic N) is 1. The lowest BCUT2D eigenvalue weighted by molar-refractivity contribution is -0.124. The summed E-state index contributed by atoms with van der Waals surface area (Å²) < 4.78 is 0. The summed E-state index contributed by atoms with van der Waals surface area (Å²) in [6.07, 6.45) is 8.00. The molecule has 0 aromatic heterocycles. The molecule has 1 aliphatic carbocycles. The Morgan fingerprint density at radius 2 is 1.86 bits per heavy atom. The molecule has 2 fully saturated rings. The second-order valence-corrected chi connectivity index (χ2v) is 6.49. The van der Waals surface area contributed by atoms with Crippen molar-refractivity contribution < 1.29 is 4.79 Å². The average Bonchev–Trinajstić information content (AvgIpc) is 2.54. The van der Waals surface area contributed by atoms with E-state index in [1.54, 1.807) is 0 Å². The van der Waals surface area contributed by atoms with Crippen molar-refractivity contribution in [2.24, 2.45) is 5.92 Å². The second kappa shape index (κ2) is 7.08. The van der Waals surface area contributed by atoms with Crippen molar-refractivity contribution in [3.05, 3.63) is 35.9 Å². The van der Waals surface area contributed by atoms with Gasteiger partial charge in [0.25, 0.3) is 0 Å². The van der Waals surface area contributed by atoms with Crippen molar-refractivity contribution in [1.82, 2.24) is 10.2 Å². The van der Waals surface area contributed by atoms with Gasteiger partial charge in [-0.2, -0.15) is 0 Å². The maximum absolute atomic E-state index is 12.2. The standard InChI is InChI=1S/C18H26N2O/c21-18(19-13-15-7-2-1-3-8-15)14-20-12-6-10-16-9-4-5-11-17(16)20/h1-3,7-8,16-17H,4-6,9-14H2,(H,19,21)/t16-,17+/m1/s1. The third kappa shape index (κ3) is 3.85. The van der Waals surface area contributed by atoms with Crippen molar-refractivity contribution in [3.8, 4) is 0 Å². The Bertz CT molecular complexity index is 458. The number of benzene rings is 1. The van der Waals surface area contributed by atoms with E-state index < -0.39 is 0 Å². The zero-order chi connectivity index (χ0) is 14.5. The van der Waals surface area contributed by atoms with Gasteiger partial charge in [-0.15, -0.1) is 0 Å². The quantitative estimate of drug-likeness (QED) is 0.923. The predicted octanol–water partition coefficient (Wildman–Crippen LogP) is 2.96. The minimum absolute atomic E-state index is 0.171. The molecule has 1 aromatic rings. The summed E-state index contributed by atoms with van der Waals surface area (Å²) in [4.78, 5) is 14.6. The first-order valence-corrected chi connectivity index (χ1v) is 8.37. The normalized spacial score (nSPS) is 26.1. The Morgan fingerprint density at radius 3 is 2.71 bits per heavy atom. The maximum atomic E-state index is 12.2. The molecule has 1 aromatic carbocycles. The predicted molar refractivity (Wildman–Crippen MR) is 84.8 cm³/mol. The summed E-state index contributed by atoms with van der Waals surface area (Å²) in [5.74, 6) is 1.01. The van der Waals surface area contributed by atoms with Crippen LogP contribution in [-0.2, 0) is 11.3 Å². The summed E-state index contributed by atoms with van der Waals surface area (Å²) in [6.45, 7) is 2.32. The van der Waals surface area contributed by atoms with E-state index >= 15 is 0 Å². The number of rotatable bonds is 4. The molecule has 2 atom stereocenters. The van der Waals surface area contributed by atoms with Gasteiger partial charge in [0, 0.05) is 12.6 Å². The highest BCUT2D eigenvalue weighted by atomic mass is 16.2. The highest BCUT2D eigenvalue weighted by molar-refractivity contribution is 5.78. The molecule has 1 amide bonds. The zero-order valence-corrected chi connectivity index (χ0v) is 12.8. The molecule has 3 rings (SSSR count). The van der Waals surface area contributed by atoms with Crippen LogP contribution in [0.4, 0.5) is 0 Å². The van der Waals surface area contributed by atoms with Crippen LogP contribution in [0.25, 0.3) is 0 Å². The number of carbonyl (C=O) groups is 1. The van der Waals surface area contributed by atoms with Gasteiger partial charge in [-0.1, -0.05) is 43.2 Å². The first-order valence-electron chi connectivity index (χ1n) is 8.37. The highest BCUT2D eigenvalue weighted by Gasteiger charge is 2.33. The monoisotopic (exact) mass is 286 g/mol. The number of amides is 1. The van der Waals surface area contributed by atoms with Crippen molar-refractivity contribution >= 4 is 5.91 Å². The summed E-state index contributed by atoms with van der Waals surface area (Å²) in [5, 5.41) is 3.06. The molecule has 3 nitrogen and oxygen atoms in total. The first kappa shape index (κ1) is 14.6. The zero-order valence-electron chi connectivity index (χ0n) is 12.8. The van der Waals surface area contributed by atoms with Crippen LogP contribution in [0.5, 0.6) is 0 Å². The fourth-order valence-electron chi connectivity index (χ4n) is 3.96. The number of fused-ring (bicyclic) bond motifs is 1. The van der Waals surface area contributed by atoms with Gasteiger partial charge in [0.15, 0.2) is 0 Å². The lowest BCUT2D eigenvalue weighted by Gasteiger charge is -2.43. The van der Waals surface area contributed by atoms with E-state index in [1.807, 2.05) is 18.2 Å². The van der Waals surface area contributed by atoms with Gasteiger partial charge in [-0.3, -0.25) is 9.69 Å². The largest absolute Gasteiger partial charge is 0.351 e. The number of nitrogens with one attached hydrogen (secondary N) is 1. The van der Waals surface area contributed by atoms with Crippen LogP contribution in [0, 0.1) is 5.92 Å². The van der Waals surface area contributed by atoms with Crippen LogP contribution in [0.15, 0.2) is 30.3 Å². The summed E-state index contributed by atoms with van der Waals surface area (Å²) >= 11 is 0. The summed E-state index contributed by atoms with van der Waals surface area (Å²) in [5.41, 5.74) is 1.17. The van der Waals surface area contributed by atoms with E-state index in [0.717, 1.165) is 12.5 Å². The van der Waals surface area contributed by atoms with E-state index in [1.165, 1.54) is 44.1 Å². The van der Waals surface area contributed by atoms with Crippen LogP contribution in [0.2, 0.25) is 0 Å². The molecule has 1 saturated heterocycles. The van der Waals surface area contributed by atoms with E-state index in [2.05, 4.69) is 22.3 Å². The number of carbonyl (C=O) groups excluding carboxylic acids is 1. The van der Waals surface area contributed by atoms with Gasteiger partial charge < -0.3 is 5.32 Å². The molecule has 0 unspecified atom stereocenters. The first-order chi connectivity index (χ1) is 10.3. The number of hydrogen-bond acceptors (Lipinski definition) is 2. The van der Waals surface area contributed by atoms with Gasteiger partial charge >= 0.3 is 0 Å². The van der Waals surface area contributed by atoms with Crippen LogP contribution in [0.3, 0.4) is 0 Å². The fraction of sp³-hybridized carbons (Fsp3) is 0.611. The smallest absolute Gasteiger partial charge is 0.234 e. The van der Waals surface area contributed by atoms with Gasteiger partial charge in [0.1, 0.15) is 0 Å². The molecule has 0 radical (unpaired) electrons. The highest BCUT2D eigenvalue weighted by Crippen LogP contribution is 2.34. The van der Waals surface area contributed by atoms with Crippen molar-refractivity contribution in [2.75, 3.05) is 13.1 Å². The molecule has 1 N–H and O–H groups in total. The minimum atomic E-state index is 0.171. The lowest BCUT2D eigenvalue weighted by atomic mass is 9.78. The number of likely N-dealkylation sites (tertiary alicyclic amines) is 1. The van der Waals surface area contributed by atoms with E-state index in [9.17, 15) is 4.79 Å². The molecule has 0 spiro atoms. The molecule has 0 bridgehead atoms. The molecule has 21 heavy (non-hydrogen) atoms. The molecule has 1 saturated carbocycles. The Morgan fingerprint density at radius 1 is 1.10 bits per heavy atom. The Labute approximate surface area is 127 Å². The topological polar surface area (TPSA) is 32.3 Å². The number of piperidine rings is 1. The van der Waals surface area contributed by atoms with Crippen molar-refractivity contribution in [1.29, 1.82) is 0 Å². The van der Waals surface area contributed by atoms with Gasteiger partial charge in [0.05, 0.1) is 6.54 Å². The summed E-state index contributed by atoms with van der Waals surface area (Å²) in [7, 11) is 0. The van der Waals surface area contributed by atoms with Crippen molar-refractivity contribution in [2.45, 2.75) is 51.1 Å². The molecule has 114 valence electrons. The Kier molecular flexibility index (Phi) is 4.91. The maximum Gasteiger partial charge on any atom is 0.234 e.